The number of oxime groups is 1. The maximum Gasteiger partial charge on any atom is 0.281 e. The fourth-order valence-corrected chi connectivity index (χ4v) is 3.15. The van der Waals surface area contributed by atoms with E-state index >= 15 is 0 Å². The van der Waals surface area contributed by atoms with Gasteiger partial charge in [-0.3, -0.25) is 0 Å². The Kier molecular flexibility index (Phi) is 7.32. The first kappa shape index (κ1) is 18.1. The molecule has 7 nitrogen and oxygen atoms in total. The largest absolute Gasteiger partial charge is 0.409 e. The van der Waals surface area contributed by atoms with Gasteiger partial charge >= 0.3 is 0 Å². The van der Waals surface area contributed by atoms with Crippen LogP contribution >= 0.6 is 0 Å². The molecule has 0 amide bonds. The van der Waals surface area contributed by atoms with Gasteiger partial charge in [-0.1, -0.05) is 19.0 Å². The van der Waals surface area contributed by atoms with E-state index < -0.39 is 10.2 Å². The van der Waals surface area contributed by atoms with Crippen molar-refractivity contribution in [1.82, 2.24) is 8.61 Å². The molecule has 3 N–H and O–H groups in total. The molecule has 0 fully saturated rings. The lowest BCUT2D eigenvalue weighted by atomic mass is 10.2. The van der Waals surface area contributed by atoms with Crippen LogP contribution < -0.4 is 5.73 Å². The molecule has 19 heavy (non-hydrogen) atoms. The fraction of sp³-hybridized carbons (Fsp3) is 0.909. The van der Waals surface area contributed by atoms with Crippen LogP contribution in [0.25, 0.3) is 0 Å². The molecule has 0 saturated heterocycles. The van der Waals surface area contributed by atoms with Crippen molar-refractivity contribution in [3.8, 4) is 0 Å². The summed E-state index contributed by atoms with van der Waals surface area (Å²) >= 11 is 0. The summed E-state index contributed by atoms with van der Waals surface area (Å²) < 4.78 is 27.5. The highest BCUT2D eigenvalue weighted by atomic mass is 32.2. The van der Waals surface area contributed by atoms with Gasteiger partial charge in [0, 0.05) is 32.6 Å². The Bertz CT molecular complexity index is 393. The summed E-state index contributed by atoms with van der Waals surface area (Å²) in [6, 6.07) is -0.122. The Morgan fingerprint density at radius 2 is 1.84 bits per heavy atom. The predicted molar refractivity (Wildman–Crippen MR) is 76.3 cm³/mol. The maximum absolute atomic E-state index is 12.4. The van der Waals surface area contributed by atoms with Crippen LogP contribution in [0.3, 0.4) is 0 Å². The lowest BCUT2D eigenvalue weighted by Gasteiger charge is -2.30. The second-order valence-electron chi connectivity index (χ2n) is 5.21. The third-order valence-electron chi connectivity index (χ3n) is 2.73. The van der Waals surface area contributed by atoms with E-state index in [0.717, 1.165) is 0 Å². The van der Waals surface area contributed by atoms with Crippen LogP contribution in [0.1, 0.15) is 34.1 Å². The predicted octanol–water partition coefficient (Wildman–Crippen LogP) is 0.666. The molecule has 114 valence electrons. The van der Waals surface area contributed by atoms with Crippen LogP contribution in [0.4, 0.5) is 0 Å². The quantitative estimate of drug-likeness (QED) is 0.297. The summed E-state index contributed by atoms with van der Waals surface area (Å²) in [6.07, 6.45) is 0.203. The van der Waals surface area contributed by atoms with E-state index in [9.17, 15) is 8.42 Å². The van der Waals surface area contributed by atoms with Gasteiger partial charge in [0.15, 0.2) is 0 Å². The molecule has 0 unspecified atom stereocenters. The summed E-state index contributed by atoms with van der Waals surface area (Å²) in [6.45, 7) is 8.12. The lowest BCUT2D eigenvalue weighted by Crippen LogP contribution is -2.47. The lowest BCUT2D eigenvalue weighted by molar-refractivity contribution is 0.307. The number of hydrogen-bond donors (Lipinski definition) is 2. The second kappa shape index (κ2) is 7.66. The van der Waals surface area contributed by atoms with Gasteiger partial charge in [0.25, 0.3) is 10.2 Å². The highest BCUT2D eigenvalue weighted by molar-refractivity contribution is 7.86. The third-order valence-corrected chi connectivity index (χ3v) is 4.87. The first-order chi connectivity index (χ1) is 8.62. The molecule has 0 aromatic heterocycles. The number of amidine groups is 1. The van der Waals surface area contributed by atoms with Gasteiger partial charge in [-0.2, -0.15) is 17.0 Å². The first-order valence-corrected chi connectivity index (χ1v) is 7.72. The second-order valence-corrected chi connectivity index (χ2v) is 7.20. The van der Waals surface area contributed by atoms with E-state index in [1.807, 2.05) is 27.7 Å². The standard InChI is InChI=1S/C11H26N4O3S/c1-9(2)8-15(7-6-11(12)13-16)19(17,18)14(5)10(3)4/h9-10,16H,6-8H2,1-5H3,(H2,12,13). The summed E-state index contributed by atoms with van der Waals surface area (Å²) in [7, 11) is -1.97. The Balaban J connectivity index is 5.03. The monoisotopic (exact) mass is 294 g/mol. The number of nitrogens with two attached hydrogens (primary N) is 1. The zero-order chi connectivity index (χ0) is 15.2. The Morgan fingerprint density at radius 3 is 2.21 bits per heavy atom. The van der Waals surface area contributed by atoms with Gasteiger partial charge < -0.3 is 10.9 Å². The smallest absolute Gasteiger partial charge is 0.281 e. The van der Waals surface area contributed by atoms with Gasteiger partial charge in [-0.25, -0.2) is 0 Å². The average Bonchev–Trinajstić information content (AvgIpc) is 2.31. The zero-order valence-corrected chi connectivity index (χ0v) is 13.2. The minimum absolute atomic E-state index is 0.0242. The molecule has 0 atom stereocenters. The van der Waals surface area contributed by atoms with Crippen LogP contribution in [0, 0.1) is 5.92 Å². The molecule has 0 saturated carbocycles. The van der Waals surface area contributed by atoms with E-state index in [2.05, 4.69) is 5.16 Å². The molecular formula is C11H26N4O3S. The maximum atomic E-state index is 12.4. The number of nitrogens with zero attached hydrogens (tertiary/aromatic N) is 3. The SMILES string of the molecule is CC(C)CN(CCC(N)=NO)S(=O)(=O)N(C)C(C)C. The van der Waals surface area contributed by atoms with Crippen molar-refractivity contribution in [3.05, 3.63) is 0 Å². The van der Waals surface area contributed by atoms with Gasteiger partial charge in [0.05, 0.1) is 0 Å². The van der Waals surface area contributed by atoms with Crippen LogP contribution in [-0.4, -0.2) is 54.3 Å². The summed E-state index contributed by atoms with van der Waals surface area (Å²) in [5.74, 6) is 0.221. The van der Waals surface area contributed by atoms with E-state index in [-0.39, 0.29) is 30.8 Å². The number of rotatable bonds is 8. The molecule has 0 aliphatic heterocycles. The molecule has 0 aromatic carbocycles. The van der Waals surface area contributed by atoms with E-state index in [0.29, 0.717) is 6.54 Å². The summed E-state index contributed by atoms with van der Waals surface area (Å²) in [4.78, 5) is 0. The van der Waals surface area contributed by atoms with E-state index in [4.69, 9.17) is 10.9 Å². The molecule has 0 radical (unpaired) electrons. The Hall–Kier alpha value is -0.860. The van der Waals surface area contributed by atoms with Crippen molar-refractivity contribution in [3.63, 3.8) is 0 Å². The minimum Gasteiger partial charge on any atom is -0.409 e. The fourth-order valence-electron chi connectivity index (χ4n) is 1.45. The van der Waals surface area contributed by atoms with Crippen molar-refractivity contribution in [2.45, 2.75) is 40.2 Å². The van der Waals surface area contributed by atoms with Crippen molar-refractivity contribution >= 4 is 16.0 Å². The van der Waals surface area contributed by atoms with Gasteiger partial charge in [0.2, 0.25) is 0 Å². The molecule has 0 bridgehead atoms. The highest BCUT2D eigenvalue weighted by Crippen LogP contribution is 2.13. The van der Waals surface area contributed by atoms with Crippen molar-refractivity contribution < 1.29 is 13.6 Å². The molecule has 0 aliphatic rings. The summed E-state index contributed by atoms with van der Waals surface area (Å²) in [5, 5.41) is 11.4. The van der Waals surface area contributed by atoms with Crippen LogP contribution in [0.5, 0.6) is 0 Å². The van der Waals surface area contributed by atoms with E-state index in [1.54, 1.807) is 7.05 Å². The van der Waals surface area contributed by atoms with Gasteiger partial charge in [-0.15, -0.1) is 0 Å². The Morgan fingerprint density at radius 1 is 1.32 bits per heavy atom. The topological polar surface area (TPSA) is 99.2 Å². The zero-order valence-electron chi connectivity index (χ0n) is 12.4. The molecule has 8 heteroatoms. The van der Waals surface area contributed by atoms with Crippen LogP contribution in [-0.2, 0) is 10.2 Å². The Labute approximate surface area is 116 Å². The molecule has 0 aliphatic carbocycles. The molecule has 0 spiro atoms. The highest BCUT2D eigenvalue weighted by Gasteiger charge is 2.29. The van der Waals surface area contributed by atoms with Crippen LogP contribution in [0.2, 0.25) is 0 Å². The normalized spacial score (nSPS) is 14.1. The van der Waals surface area contributed by atoms with Gasteiger partial charge in [0.1, 0.15) is 5.84 Å². The summed E-state index contributed by atoms with van der Waals surface area (Å²) in [5.41, 5.74) is 5.40. The van der Waals surface area contributed by atoms with Crippen molar-refractivity contribution in [2.75, 3.05) is 20.1 Å². The van der Waals surface area contributed by atoms with Crippen molar-refractivity contribution in [1.29, 1.82) is 0 Å². The molecule has 0 rings (SSSR count). The van der Waals surface area contributed by atoms with Gasteiger partial charge in [-0.05, 0) is 19.8 Å². The molecule has 0 aromatic rings. The van der Waals surface area contributed by atoms with Crippen molar-refractivity contribution in [2.24, 2.45) is 16.8 Å². The van der Waals surface area contributed by atoms with Crippen LogP contribution in [0.15, 0.2) is 5.16 Å². The number of hydrogen-bond acceptors (Lipinski definition) is 4. The minimum atomic E-state index is -3.52. The van der Waals surface area contributed by atoms with E-state index in [1.165, 1.54) is 8.61 Å². The average molecular weight is 294 g/mol. The first-order valence-electron chi connectivity index (χ1n) is 6.32. The molecular weight excluding hydrogens is 268 g/mol. The molecule has 0 heterocycles. The third kappa shape index (κ3) is 5.75.